The zero-order chi connectivity index (χ0) is 21.8. The predicted octanol–water partition coefficient (Wildman–Crippen LogP) is 4.05. The molecule has 7 nitrogen and oxygen atoms in total. The normalized spacial score (nSPS) is 10.8. The molecule has 0 aliphatic heterocycles. The maximum absolute atomic E-state index is 11.4. The summed E-state index contributed by atoms with van der Waals surface area (Å²) in [7, 11) is 0. The van der Waals surface area contributed by atoms with Crippen molar-refractivity contribution in [1.82, 2.24) is 19.7 Å². The predicted molar refractivity (Wildman–Crippen MR) is 125 cm³/mol. The molecule has 0 atom stereocenters. The van der Waals surface area contributed by atoms with Crippen molar-refractivity contribution < 1.29 is 9.63 Å². The Labute approximate surface area is 212 Å². The molecule has 0 saturated heterocycles. The number of benzene rings is 2. The minimum Gasteiger partial charge on any atom is -0.390 e. The minimum absolute atomic E-state index is 0. The quantitative estimate of drug-likeness (QED) is 0.386. The minimum atomic E-state index is -0.585. The summed E-state index contributed by atoms with van der Waals surface area (Å²) >= 11 is 6.25. The van der Waals surface area contributed by atoms with Crippen LogP contribution in [0.1, 0.15) is 36.8 Å². The second-order valence-electron chi connectivity index (χ2n) is 7.30. The molecule has 0 aliphatic carbocycles. The van der Waals surface area contributed by atoms with Crippen LogP contribution in [0.5, 0.6) is 0 Å². The number of aliphatic hydroxyl groups is 1. The molecule has 0 spiro atoms. The van der Waals surface area contributed by atoms with Gasteiger partial charge in [-0.25, -0.2) is 9.78 Å². The second-order valence-corrected chi connectivity index (χ2v) is 7.66. The molecule has 0 amide bonds. The van der Waals surface area contributed by atoms with Crippen LogP contribution >= 0.6 is 11.6 Å². The van der Waals surface area contributed by atoms with Gasteiger partial charge in [-0.2, -0.15) is 0 Å². The summed E-state index contributed by atoms with van der Waals surface area (Å²) in [5, 5.41) is 13.9. The first-order valence-electron chi connectivity index (χ1n) is 10.2. The Morgan fingerprint density at radius 2 is 1.84 bits per heavy atom. The van der Waals surface area contributed by atoms with Gasteiger partial charge in [-0.15, -0.1) is 0 Å². The third kappa shape index (κ3) is 5.24. The Kier molecular flexibility index (Phi) is 8.51. The van der Waals surface area contributed by atoms with Crippen molar-refractivity contribution in [3.63, 3.8) is 0 Å². The maximum atomic E-state index is 11.4. The van der Waals surface area contributed by atoms with Gasteiger partial charge in [0.2, 0.25) is 0 Å². The second kappa shape index (κ2) is 11.1. The fourth-order valence-electron chi connectivity index (χ4n) is 3.63. The van der Waals surface area contributed by atoms with Gasteiger partial charge in [0, 0.05) is 48.1 Å². The van der Waals surface area contributed by atoms with E-state index < -0.39 is 5.76 Å². The first kappa shape index (κ1) is 24.5. The summed E-state index contributed by atoms with van der Waals surface area (Å²) in [5.41, 5.74) is 4.41. The van der Waals surface area contributed by atoms with Gasteiger partial charge in [0.1, 0.15) is 5.82 Å². The van der Waals surface area contributed by atoms with E-state index >= 15 is 0 Å². The van der Waals surface area contributed by atoms with E-state index in [0.29, 0.717) is 23.2 Å². The third-order valence-electron chi connectivity index (χ3n) is 5.23. The molecule has 0 aliphatic rings. The molecule has 2 aromatic heterocycles. The van der Waals surface area contributed by atoms with E-state index in [0.717, 1.165) is 47.3 Å². The van der Waals surface area contributed by atoms with Gasteiger partial charge in [-0.3, -0.25) is 9.51 Å². The molecule has 0 saturated carbocycles. The number of aryl methyl sites for hydroxylation is 1. The van der Waals surface area contributed by atoms with Crippen LogP contribution in [-0.2, 0) is 19.6 Å². The Morgan fingerprint density at radius 1 is 1.12 bits per heavy atom. The van der Waals surface area contributed by atoms with Crippen molar-refractivity contribution in [2.45, 2.75) is 39.3 Å². The number of hydrogen-bond donors (Lipinski definition) is 2. The van der Waals surface area contributed by atoms with Crippen LogP contribution in [0.25, 0.3) is 22.5 Å². The molecule has 2 aromatic carbocycles. The van der Waals surface area contributed by atoms with Crippen molar-refractivity contribution in [1.29, 1.82) is 0 Å². The average molecular weight is 462 g/mol. The summed E-state index contributed by atoms with van der Waals surface area (Å²) in [6, 6.07) is 15.8. The number of unbranched alkanes of at least 4 members (excludes halogenated alkanes) is 1. The van der Waals surface area contributed by atoms with Crippen molar-refractivity contribution >= 4 is 41.2 Å². The summed E-state index contributed by atoms with van der Waals surface area (Å²) < 4.78 is 6.66. The van der Waals surface area contributed by atoms with Crippen LogP contribution in [0.4, 0.5) is 0 Å². The zero-order valence-corrected chi connectivity index (χ0v) is 20.9. The molecule has 2 heterocycles. The number of hydrogen-bond acceptors (Lipinski definition) is 5. The van der Waals surface area contributed by atoms with E-state index in [1.165, 1.54) is 0 Å². The van der Waals surface area contributed by atoms with Crippen LogP contribution in [0.15, 0.2) is 57.8 Å². The molecule has 9 heteroatoms. The number of aromatic nitrogens is 4. The third-order valence-corrected chi connectivity index (χ3v) is 5.54. The fraction of sp³-hybridized carbons (Fsp3) is 0.261. The molecule has 32 heavy (non-hydrogen) atoms. The first-order chi connectivity index (χ1) is 15.1. The van der Waals surface area contributed by atoms with E-state index in [1.54, 1.807) is 0 Å². The molecule has 0 bridgehead atoms. The van der Waals surface area contributed by atoms with Gasteiger partial charge < -0.3 is 9.67 Å². The van der Waals surface area contributed by atoms with Crippen molar-refractivity contribution in [2.24, 2.45) is 0 Å². The molecule has 4 rings (SSSR count). The van der Waals surface area contributed by atoms with Crippen LogP contribution in [0, 0.1) is 0 Å². The molecule has 1 radical (unpaired) electrons. The maximum Gasteiger partial charge on any atom is 0.439 e. The monoisotopic (exact) mass is 461 g/mol. The first-order valence-corrected chi connectivity index (χ1v) is 10.6. The molecule has 4 aromatic rings. The summed E-state index contributed by atoms with van der Waals surface area (Å²) in [6.45, 7) is 2.56. The smallest absolute Gasteiger partial charge is 0.390 e. The van der Waals surface area contributed by atoms with Crippen molar-refractivity contribution in [3.05, 3.63) is 81.3 Å². The Hall–Kier alpha value is -2.16. The fourth-order valence-corrected chi connectivity index (χ4v) is 3.89. The average Bonchev–Trinajstić information content (AvgIpc) is 3.35. The van der Waals surface area contributed by atoms with Crippen LogP contribution < -0.4 is 5.76 Å². The van der Waals surface area contributed by atoms with Crippen LogP contribution in [-0.4, -0.2) is 54.4 Å². The van der Waals surface area contributed by atoms with E-state index in [2.05, 4.69) is 26.6 Å². The Bertz CT molecular complexity index is 1230. The van der Waals surface area contributed by atoms with Gasteiger partial charge in [-0.05, 0) is 23.1 Å². The molecule has 0 fully saturated rings. The van der Waals surface area contributed by atoms with Gasteiger partial charge >= 0.3 is 5.76 Å². The topological polar surface area (TPSA) is 96.9 Å². The molecule has 2 N–H and O–H groups in total. The number of aromatic amines is 1. The van der Waals surface area contributed by atoms with Crippen LogP contribution in [0.2, 0.25) is 5.15 Å². The molecular weight excluding hydrogens is 439 g/mol. The number of nitrogens with one attached hydrogen (secondary N) is 1. The van der Waals surface area contributed by atoms with Gasteiger partial charge in [-0.1, -0.05) is 78.6 Å². The van der Waals surface area contributed by atoms with E-state index in [1.807, 2.05) is 53.1 Å². The van der Waals surface area contributed by atoms with E-state index in [9.17, 15) is 9.90 Å². The number of H-pyrrole nitrogens is 1. The standard InChI is InChI=1S/C23H23ClN4O3.Na/c1-2-3-8-20-25-21(24)19(14-29)28(20)13-15-9-11-16(12-10-15)17-6-4-5-7-18(17)22-26-23(30)31-27-22;/h4-7,9-12,29H,2-3,8,13-14H2,1H3,(H,26,27,30);. The molecular formula is C23H23ClN4NaO3. The van der Waals surface area contributed by atoms with E-state index in [-0.39, 0.29) is 36.2 Å². The number of imidazole rings is 1. The number of nitrogens with zero attached hydrogens (tertiary/aromatic N) is 3. The van der Waals surface area contributed by atoms with Crippen LogP contribution in [0.3, 0.4) is 0 Å². The summed E-state index contributed by atoms with van der Waals surface area (Å²) in [5.74, 6) is 0.698. The van der Waals surface area contributed by atoms with Crippen molar-refractivity contribution in [2.75, 3.05) is 0 Å². The Balaban J connectivity index is 0.00000289. The summed E-state index contributed by atoms with van der Waals surface area (Å²) in [6.07, 6.45) is 2.89. The Morgan fingerprint density at radius 3 is 2.47 bits per heavy atom. The van der Waals surface area contributed by atoms with Gasteiger partial charge in [0.05, 0.1) is 12.3 Å². The molecule has 0 unspecified atom stereocenters. The van der Waals surface area contributed by atoms with E-state index in [4.69, 9.17) is 11.6 Å². The van der Waals surface area contributed by atoms with Gasteiger partial charge in [0.25, 0.3) is 0 Å². The van der Waals surface area contributed by atoms with Crippen molar-refractivity contribution in [3.8, 4) is 22.5 Å². The summed E-state index contributed by atoms with van der Waals surface area (Å²) in [4.78, 5) is 18.4. The number of halogens is 1. The number of aliphatic hydroxyl groups excluding tert-OH is 1. The zero-order valence-electron chi connectivity index (χ0n) is 18.1. The molecule has 161 valence electrons. The largest absolute Gasteiger partial charge is 0.439 e. The SMILES string of the molecule is CCCCc1nc(Cl)c(CO)n1Cc1ccc(-c2ccccc2-c2noc(=O)[nH]2)cc1.[Na]. The number of rotatable bonds is 8. The van der Waals surface area contributed by atoms with Gasteiger partial charge in [0.15, 0.2) is 11.0 Å².